The summed E-state index contributed by atoms with van der Waals surface area (Å²) in [7, 11) is -0.940. The molecule has 40 heavy (non-hydrogen) atoms. The van der Waals surface area contributed by atoms with Gasteiger partial charge in [0.1, 0.15) is 0 Å². The lowest BCUT2D eigenvalue weighted by molar-refractivity contribution is 0.00578. The molecule has 0 saturated carbocycles. The Morgan fingerprint density at radius 3 is 1.50 bits per heavy atom. The van der Waals surface area contributed by atoms with E-state index in [4.69, 9.17) is 18.6 Å². The quantitative estimate of drug-likeness (QED) is 0.163. The lowest BCUT2D eigenvalue weighted by Crippen LogP contribution is -2.41. The minimum absolute atomic E-state index is 0.428. The van der Waals surface area contributed by atoms with Gasteiger partial charge in [-0.2, -0.15) is 0 Å². The fraction of sp³-hybridized carbons (Fsp3) is 0.529. The summed E-state index contributed by atoms with van der Waals surface area (Å²) in [5.41, 5.74) is 3.13. The normalized spacial score (nSPS) is 21.7. The Morgan fingerprint density at radius 2 is 1.02 bits per heavy atom. The van der Waals surface area contributed by atoms with Crippen LogP contribution >= 0.6 is 0 Å². The zero-order valence-corrected chi connectivity index (χ0v) is 26.0. The van der Waals surface area contributed by atoms with Crippen molar-refractivity contribution in [2.24, 2.45) is 0 Å². The second kappa shape index (κ2) is 12.4. The van der Waals surface area contributed by atoms with Gasteiger partial charge in [0.15, 0.2) is 0 Å². The number of hydrogen-bond acceptors (Lipinski definition) is 4. The second-order valence-corrected chi connectivity index (χ2v) is 13.3. The molecule has 0 spiro atoms. The molecule has 0 aliphatic carbocycles. The van der Waals surface area contributed by atoms with E-state index in [0.29, 0.717) is 0 Å². The van der Waals surface area contributed by atoms with Crippen molar-refractivity contribution in [3.63, 3.8) is 0 Å². The monoisotopic (exact) mass is 542 g/mol. The fourth-order valence-electron chi connectivity index (χ4n) is 5.10. The molecule has 2 aliphatic heterocycles. The van der Waals surface area contributed by atoms with Gasteiger partial charge in [0.05, 0.1) is 22.4 Å². The van der Waals surface area contributed by atoms with Gasteiger partial charge in [-0.15, -0.1) is 0 Å². The zero-order valence-electron chi connectivity index (χ0n) is 26.0. The van der Waals surface area contributed by atoms with Crippen LogP contribution in [0.3, 0.4) is 0 Å². The first-order valence-electron chi connectivity index (χ1n) is 15.0. The van der Waals surface area contributed by atoms with Crippen LogP contribution in [0.15, 0.2) is 83.8 Å². The van der Waals surface area contributed by atoms with Gasteiger partial charge < -0.3 is 18.6 Å². The molecule has 0 N–H and O–H groups in total. The molecule has 2 saturated heterocycles. The standard InChI is InChI=1S/C34H48B2O4/c1-31(2)32(3,4)38-35(37-31)29(25-17-11-16-21-27-19-12-9-13-20-27)30(26-18-24-28-22-14-10-15-23-28)36-39-33(5,6)34(7,8)40-36/h9-10,12-15,17,19-20,22-23,25H,11,16,18,21,24,26H2,1-8H3/b25-17+,30-29+. The third-order valence-electron chi connectivity index (χ3n) is 9.15. The van der Waals surface area contributed by atoms with E-state index in [0.717, 1.165) is 49.5 Å². The van der Waals surface area contributed by atoms with Crippen LogP contribution in [0.4, 0.5) is 0 Å². The first-order valence-corrected chi connectivity index (χ1v) is 15.0. The smallest absolute Gasteiger partial charge is 0.400 e. The summed E-state index contributed by atoms with van der Waals surface area (Å²) in [6.07, 6.45) is 10.4. The molecular formula is C34H48B2O4. The second-order valence-electron chi connectivity index (χ2n) is 13.3. The molecule has 0 amide bonds. The Kier molecular flexibility index (Phi) is 9.56. The van der Waals surface area contributed by atoms with E-state index in [1.165, 1.54) is 11.1 Å². The SMILES string of the molecule is CC1(C)OB(C(/C=C/CCCc2ccccc2)=C(\CCCc2ccccc2)B2OC(C)(C)C(C)(C)O2)OC1(C)C. The molecule has 2 aromatic rings. The summed E-state index contributed by atoms with van der Waals surface area (Å²) in [6, 6.07) is 21.3. The summed E-state index contributed by atoms with van der Waals surface area (Å²) >= 11 is 0. The Labute approximate surface area is 243 Å². The molecule has 0 bridgehead atoms. The summed E-state index contributed by atoms with van der Waals surface area (Å²) in [5.74, 6) is 0. The molecule has 0 unspecified atom stereocenters. The predicted molar refractivity (Wildman–Crippen MR) is 167 cm³/mol. The maximum absolute atomic E-state index is 6.63. The van der Waals surface area contributed by atoms with Crippen molar-refractivity contribution in [1.82, 2.24) is 0 Å². The van der Waals surface area contributed by atoms with Gasteiger partial charge in [0, 0.05) is 0 Å². The molecule has 214 valence electrons. The van der Waals surface area contributed by atoms with Crippen LogP contribution in [-0.2, 0) is 31.5 Å². The van der Waals surface area contributed by atoms with Crippen molar-refractivity contribution in [3.05, 3.63) is 94.9 Å². The lowest BCUT2D eigenvalue weighted by Gasteiger charge is -2.32. The third kappa shape index (κ3) is 7.20. The largest absolute Gasteiger partial charge is 0.494 e. The Balaban J connectivity index is 1.64. The molecule has 2 heterocycles. The van der Waals surface area contributed by atoms with E-state index in [-0.39, 0.29) is 0 Å². The Bertz CT molecular complexity index is 1140. The van der Waals surface area contributed by atoms with Crippen molar-refractivity contribution in [2.45, 2.75) is 116 Å². The molecule has 2 aliphatic rings. The highest BCUT2D eigenvalue weighted by Crippen LogP contribution is 2.43. The minimum atomic E-state index is -0.485. The molecular weight excluding hydrogens is 494 g/mol. The molecule has 4 nitrogen and oxygen atoms in total. The molecule has 0 aromatic heterocycles. The molecule has 4 rings (SSSR count). The molecule has 2 fully saturated rings. The van der Waals surface area contributed by atoms with Crippen molar-refractivity contribution in [3.8, 4) is 0 Å². The number of rotatable bonds is 11. The Morgan fingerprint density at radius 1 is 0.600 bits per heavy atom. The van der Waals surface area contributed by atoms with Gasteiger partial charge in [-0.3, -0.25) is 0 Å². The number of allylic oxidation sites excluding steroid dienone is 4. The van der Waals surface area contributed by atoms with Gasteiger partial charge in [0.2, 0.25) is 0 Å². The molecule has 0 atom stereocenters. The Hall–Kier alpha value is -2.11. The van der Waals surface area contributed by atoms with Gasteiger partial charge >= 0.3 is 14.2 Å². The van der Waals surface area contributed by atoms with E-state index in [9.17, 15) is 0 Å². The van der Waals surface area contributed by atoms with Crippen LogP contribution in [0.2, 0.25) is 0 Å². The first-order chi connectivity index (χ1) is 18.8. The number of hydrogen-bond donors (Lipinski definition) is 0. The summed E-state index contributed by atoms with van der Waals surface area (Å²) < 4.78 is 26.5. The topological polar surface area (TPSA) is 36.9 Å². The highest BCUT2D eigenvalue weighted by Gasteiger charge is 2.56. The molecule has 2 aromatic carbocycles. The highest BCUT2D eigenvalue weighted by molar-refractivity contribution is 6.63. The van der Waals surface area contributed by atoms with Gasteiger partial charge in [0.25, 0.3) is 0 Å². The van der Waals surface area contributed by atoms with Crippen LogP contribution in [0.25, 0.3) is 0 Å². The van der Waals surface area contributed by atoms with E-state index < -0.39 is 36.6 Å². The van der Waals surface area contributed by atoms with Crippen LogP contribution in [0, 0.1) is 0 Å². The van der Waals surface area contributed by atoms with Crippen molar-refractivity contribution < 1.29 is 18.6 Å². The van der Waals surface area contributed by atoms with Crippen molar-refractivity contribution in [2.75, 3.05) is 0 Å². The first kappa shape index (κ1) is 30.8. The predicted octanol–water partition coefficient (Wildman–Crippen LogP) is 8.15. The number of benzene rings is 2. The average Bonchev–Trinajstić information content (AvgIpc) is 3.25. The maximum Gasteiger partial charge on any atom is 0.494 e. The van der Waals surface area contributed by atoms with Gasteiger partial charge in [-0.25, -0.2) is 0 Å². The summed E-state index contributed by atoms with van der Waals surface area (Å²) in [4.78, 5) is 0. The van der Waals surface area contributed by atoms with Crippen molar-refractivity contribution in [1.29, 1.82) is 0 Å². The van der Waals surface area contributed by atoms with Gasteiger partial charge in [-0.1, -0.05) is 72.8 Å². The van der Waals surface area contributed by atoms with E-state index in [1.54, 1.807) is 0 Å². The molecule has 0 radical (unpaired) electrons. The summed E-state index contributed by atoms with van der Waals surface area (Å²) in [6.45, 7) is 16.9. The minimum Gasteiger partial charge on any atom is -0.400 e. The zero-order chi connectivity index (χ0) is 29.0. The van der Waals surface area contributed by atoms with E-state index >= 15 is 0 Å². The fourth-order valence-corrected chi connectivity index (χ4v) is 5.10. The van der Waals surface area contributed by atoms with Crippen LogP contribution in [0.1, 0.15) is 92.2 Å². The van der Waals surface area contributed by atoms with Crippen LogP contribution < -0.4 is 0 Å². The van der Waals surface area contributed by atoms with E-state index in [1.807, 2.05) is 0 Å². The van der Waals surface area contributed by atoms with Crippen molar-refractivity contribution >= 4 is 14.2 Å². The van der Waals surface area contributed by atoms with Crippen LogP contribution in [0.5, 0.6) is 0 Å². The maximum atomic E-state index is 6.63. The van der Waals surface area contributed by atoms with Gasteiger partial charge in [-0.05, 0) is 116 Å². The highest BCUT2D eigenvalue weighted by atomic mass is 16.7. The number of unbranched alkanes of at least 4 members (excludes halogenated alkanes) is 1. The van der Waals surface area contributed by atoms with Crippen LogP contribution in [-0.4, -0.2) is 36.6 Å². The third-order valence-corrected chi connectivity index (χ3v) is 9.15. The number of aryl methyl sites for hydroxylation is 2. The lowest BCUT2D eigenvalue weighted by atomic mass is 9.62. The average molecular weight is 542 g/mol. The summed E-state index contributed by atoms with van der Waals surface area (Å²) in [5, 5.41) is 0. The van der Waals surface area contributed by atoms with E-state index in [2.05, 4.69) is 128 Å². The molecule has 6 heteroatoms.